The van der Waals surface area contributed by atoms with Gasteiger partial charge in [0.2, 0.25) is 0 Å². The van der Waals surface area contributed by atoms with Crippen molar-refractivity contribution in [3.63, 3.8) is 0 Å². The van der Waals surface area contributed by atoms with Gasteiger partial charge in [-0.15, -0.1) is 0 Å². The first-order valence-corrected chi connectivity index (χ1v) is 9.41. The average Bonchev–Trinajstić information content (AvgIpc) is 2.72. The fourth-order valence-corrected chi connectivity index (χ4v) is 3.14. The Morgan fingerprint density at radius 2 is 1.96 bits per heavy atom. The summed E-state index contributed by atoms with van der Waals surface area (Å²) in [7, 11) is 1.33. The van der Waals surface area contributed by atoms with Gasteiger partial charge < -0.3 is 19.1 Å². The number of carbonyl (C=O) groups excluding carboxylic acids is 1. The van der Waals surface area contributed by atoms with E-state index >= 15 is 0 Å². The molecule has 0 radical (unpaired) electrons. The molecule has 2 aromatic rings. The zero-order chi connectivity index (χ0) is 19.1. The van der Waals surface area contributed by atoms with Gasteiger partial charge in [0.15, 0.2) is 6.61 Å². The molecule has 1 aliphatic rings. The molecule has 0 aliphatic carbocycles. The Morgan fingerprint density at radius 1 is 1.22 bits per heavy atom. The summed E-state index contributed by atoms with van der Waals surface area (Å²) < 4.78 is 16.1. The lowest BCUT2D eigenvalue weighted by Gasteiger charge is -2.28. The highest BCUT2D eigenvalue weighted by molar-refractivity contribution is 9.10. The van der Waals surface area contributed by atoms with Crippen molar-refractivity contribution in [1.82, 2.24) is 0 Å². The monoisotopic (exact) mass is 432 g/mol. The molecular formula is C20H21BrN2O4. The van der Waals surface area contributed by atoms with Crippen LogP contribution in [-0.4, -0.2) is 52.2 Å². The minimum Gasteiger partial charge on any atom is -0.481 e. The van der Waals surface area contributed by atoms with Crippen molar-refractivity contribution >= 4 is 39.5 Å². The SMILES string of the molecule is COC(=O)COc1ccc(C=Nc2ccc(N3CCOCC3)cc2)cc1Br. The van der Waals surface area contributed by atoms with Gasteiger partial charge in [-0.3, -0.25) is 4.99 Å². The molecule has 1 heterocycles. The molecule has 2 aromatic carbocycles. The van der Waals surface area contributed by atoms with Gasteiger partial charge in [-0.1, -0.05) is 0 Å². The van der Waals surface area contributed by atoms with Crippen LogP contribution in [0.15, 0.2) is 51.9 Å². The maximum Gasteiger partial charge on any atom is 0.343 e. The van der Waals surface area contributed by atoms with Gasteiger partial charge in [0.1, 0.15) is 5.75 Å². The third-order valence-electron chi connectivity index (χ3n) is 4.12. The molecule has 6 nitrogen and oxygen atoms in total. The number of hydrogen-bond acceptors (Lipinski definition) is 6. The van der Waals surface area contributed by atoms with Crippen LogP contribution in [0.3, 0.4) is 0 Å². The number of rotatable bonds is 6. The molecule has 7 heteroatoms. The predicted octanol–water partition coefficient (Wildman–Crippen LogP) is 3.59. The van der Waals surface area contributed by atoms with Crippen molar-refractivity contribution in [1.29, 1.82) is 0 Å². The van der Waals surface area contributed by atoms with E-state index in [9.17, 15) is 4.79 Å². The third-order valence-corrected chi connectivity index (χ3v) is 4.74. The number of carbonyl (C=O) groups is 1. The molecular weight excluding hydrogens is 412 g/mol. The van der Waals surface area contributed by atoms with Crippen LogP contribution in [-0.2, 0) is 14.3 Å². The normalized spacial score (nSPS) is 14.4. The Morgan fingerprint density at radius 3 is 2.63 bits per heavy atom. The van der Waals surface area contributed by atoms with Crippen LogP contribution < -0.4 is 9.64 Å². The van der Waals surface area contributed by atoms with Crippen LogP contribution in [0.25, 0.3) is 0 Å². The molecule has 0 unspecified atom stereocenters. The molecule has 0 saturated carbocycles. The number of benzene rings is 2. The van der Waals surface area contributed by atoms with Gasteiger partial charge in [0.25, 0.3) is 0 Å². The van der Waals surface area contributed by atoms with Crippen molar-refractivity contribution in [2.75, 3.05) is 44.9 Å². The molecule has 142 valence electrons. The van der Waals surface area contributed by atoms with E-state index in [0.717, 1.165) is 42.0 Å². The first kappa shape index (κ1) is 19.4. The molecule has 0 atom stereocenters. The molecule has 0 bridgehead atoms. The molecule has 0 aromatic heterocycles. The molecule has 1 fully saturated rings. The smallest absolute Gasteiger partial charge is 0.343 e. The summed E-state index contributed by atoms with van der Waals surface area (Å²) in [6, 6.07) is 13.7. The Balaban J connectivity index is 1.61. The lowest BCUT2D eigenvalue weighted by Crippen LogP contribution is -2.36. The zero-order valence-electron chi connectivity index (χ0n) is 15.1. The predicted molar refractivity (Wildman–Crippen MR) is 108 cm³/mol. The van der Waals surface area contributed by atoms with E-state index in [-0.39, 0.29) is 6.61 Å². The molecule has 0 N–H and O–H groups in total. The van der Waals surface area contributed by atoms with Crippen molar-refractivity contribution in [2.45, 2.75) is 0 Å². The topological polar surface area (TPSA) is 60.4 Å². The highest BCUT2D eigenvalue weighted by Gasteiger charge is 2.10. The fraction of sp³-hybridized carbons (Fsp3) is 0.300. The van der Waals surface area contributed by atoms with Crippen LogP contribution >= 0.6 is 15.9 Å². The van der Waals surface area contributed by atoms with Gasteiger partial charge in [0, 0.05) is 25.0 Å². The van der Waals surface area contributed by atoms with E-state index < -0.39 is 5.97 Å². The van der Waals surface area contributed by atoms with Crippen LogP contribution in [0.4, 0.5) is 11.4 Å². The summed E-state index contributed by atoms with van der Waals surface area (Å²) in [4.78, 5) is 18.0. The number of nitrogens with zero attached hydrogens (tertiary/aromatic N) is 2. The number of aliphatic imine (C=N–C) groups is 1. The number of methoxy groups -OCH3 is 1. The van der Waals surface area contributed by atoms with Gasteiger partial charge in [-0.2, -0.15) is 0 Å². The minimum atomic E-state index is -0.423. The summed E-state index contributed by atoms with van der Waals surface area (Å²) in [5, 5.41) is 0. The largest absolute Gasteiger partial charge is 0.481 e. The molecule has 27 heavy (non-hydrogen) atoms. The van der Waals surface area contributed by atoms with E-state index in [4.69, 9.17) is 9.47 Å². The van der Waals surface area contributed by atoms with Crippen molar-refractivity contribution in [3.05, 3.63) is 52.5 Å². The van der Waals surface area contributed by atoms with Crippen LogP contribution in [0.1, 0.15) is 5.56 Å². The lowest BCUT2D eigenvalue weighted by atomic mass is 10.2. The van der Waals surface area contributed by atoms with E-state index in [1.165, 1.54) is 12.8 Å². The van der Waals surface area contributed by atoms with Crippen LogP contribution in [0.2, 0.25) is 0 Å². The van der Waals surface area contributed by atoms with E-state index in [0.29, 0.717) is 5.75 Å². The second kappa shape index (κ2) is 9.53. The molecule has 0 amide bonds. The number of anilines is 1. The maximum absolute atomic E-state index is 11.2. The number of hydrogen-bond donors (Lipinski definition) is 0. The maximum atomic E-state index is 11.2. The number of halogens is 1. The third kappa shape index (κ3) is 5.55. The summed E-state index contributed by atoms with van der Waals surface area (Å²) in [6.45, 7) is 3.25. The molecule has 1 aliphatic heterocycles. The first-order chi connectivity index (χ1) is 13.2. The summed E-state index contributed by atoms with van der Waals surface area (Å²) >= 11 is 3.44. The highest BCUT2D eigenvalue weighted by atomic mass is 79.9. The Labute approximate surface area is 166 Å². The summed E-state index contributed by atoms with van der Waals surface area (Å²) in [5.74, 6) is 0.153. The Kier molecular flexibility index (Phi) is 6.84. The van der Waals surface area contributed by atoms with Crippen molar-refractivity contribution in [2.24, 2.45) is 4.99 Å². The van der Waals surface area contributed by atoms with Crippen molar-refractivity contribution < 1.29 is 19.0 Å². The lowest BCUT2D eigenvalue weighted by molar-refractivity contribution is -0.142. The molecule has 1 saturated heterocycles. The number of morpholine rings is 1. The van der Waals surface area contributed by atoms with Gasteiger partial charge in [-0.05, 0) is 64.0 Å². The molecule has 3 rings (SSSR count). The second-order valence-electron chi connectivity index (χ2n) is 5.93. The van der Waals surface area contributed by atoms with Gasteiger partial charge in [0.05, 0.1) is 30.5 Å². The summed E-state index contributed by atoms with van der Waals surface area (Å²) in [5.41, 5.74) is 2.99. The first-order valence-electron chi connectivity index (χ1n) is 8.62. The fourth-order valence-electron chi connectivity index (χ4n) is 2.63. The quantitative estimate of drug-likeness (QED) is 0.515. The van der Waals surface area contributed by atoms with Crippen LogP contribution in [0.5, 0.6) is 5.75 Å². The Hall–Kier alpha value is -2.38. The van der Waals surface area contributed by atoms with E-state index in [1.807, 2.05) is 24.3 Å². The van der Waals surface area contributed by atoms with Gasteiger partial charge in [-0.25, -0.2) is 4.79 Å². The average molecular weight is 433 g/mol. The second-order valence-corrected chi connectivity index (χ2v) is 6.78. The van der Waals surface area contributed by atoms with Crippen LogP contribution in [0, 0.1) is 0 Å². The Bertz CT molecular complexity index is 802. The number of ether oxygens (including phenoxy) is 3. The highest BCUT2D eigenvalue weighted by Crippen LogP contribution is 2.26. The van der Waals surface area contributed by atoms with E-state index in [2.05, 4.69) is 42.7 Å². The zero-order valence-corrected chi connectivity index (χ0v) is 16.6. The minimum absolute atomic E-state index is 0.127. The molecule has 0 spiro atoms. The number of esters is 1. The summed E-state index contributed by atoms with van der Waals surface area (Å²) in [6.07, 6.45) is 1.79. The van der Waals surface area contributed by atoms with Gasteiger partial charge >= 0.3 is 5.97 Å². The standard InChI is InChI=1S/C20H21BrN2O4/c1-25-20(24)14-27-19-7-2-15(12-18(19)21)13-22-16-3-5-17(6-4-16)23-8-10-26-11-9-23/h2-7,12-13H,8-11,14H2,1H3. The van der Waals surface area contributed by atoms with E-state index in [1.54, 1.807) is 12.3 Å². The van der Waals surface area contributed by atoms with Crippen molar-refractivity contribution in [3.8, 4) is 5.75 Å².